The summed E-state index contributed by atoms with van der Waals surface area (Å²) in [5, 5.41) is 7.23. The Kier molecular flexibility index (Phi) is 2.79. The Morgan fingerprint density at radius 2 is 2.33 bits per heavy atom. The Labute approximate surface area is 69.7 Å². The number of aromatic nitrogens is 2. The van der Waals surface area contributed by atoms with E-state index < -0.39 is 0 Å². The molecule has 1 heterocycles. The summed E-state index contributed by atoms with van der Waals surface area (Å²) in [6.07, 6.45) is 0.0503. The van der Waals surface area contributed by atoms with E-state index >= 15 is 0 Å². The molecular formula is C7H10N2O3. The van der Waals surface area contributed by atoms with E-state index in [2.05, 4.69) is 14.9 Å². The summed E-state index contributed by atoms with van der Waals surface area (Å²) < 4.78 is 9.67. The molecule has 1 aromatic rings. The monoisotopic (exact) mass is 170 g/mol. The highest BCUT2D eigenvalue weighted by Gasteiger charge is 2.09. The number of rotatable bonds is 3. The van der Waals surface area contributed by atoms with Gasteiger partial charge in [0.15, 0.2) is 0 Å². The van der Waals surface area contributed by atoms with Gasteiger partial charge in [-0.2, -0.15) is 0 Å². The Bertz CT molecular complexity index is 269. The first-order valence-corrected chi connectivity index (χ1v) is 3.67. The molecule has 0 atom stereocenters. The molecule has 0 unspecified atom stereocenters. The van der Waals surface area contributed by atoms with Gasteiger partial charge in [0.1, 0.15) is 6.42 Å². The minimum Gasteiger partial charge on any atom is -0.466 e. The van der Waals surface area contributed by atoms with Crippen molar-refractivity contribution in [3.63, 3.8) is 0 Å². The quantitative estimate of drug-likeness (QED) is 0.617. The minimum atomic E-state index is -0.346. The van der Waals surface area contributed by atoms with Gasteiger partial charge in [-0.25, -0.2) is 0 Å². The predicted octanol–water partition coefficient (Wildman–Crippen LogP) is 0.484. The van der Waals surface area contributed by atoms with Crippen LogP contribution in [0.2, 0.25) is 0 Å². The number of aryl methyl sites for hydroxylation is 1. The van der Waals surface area contributed by atoms with Crippen molar-refractivity contribution in [2.75, 3.05) is 6.61 Å². The zero-order valence-corrected chi connectivity index (χ0v) is 7.03. The molecule has 0 saturated heterocycles. The van der Waals surface area contributed by atoms with Gasteiger partial charge in [0.25, 0.3) is 0 Å². The maximum absolute atomic E-state index is 10.9. The molecule has 0 fully saturated rings. The molecule has 0 N–H and O–H groups in total. The first-order chi connectivity index (χ1) is 5.72. The molecule has 0 aliphatic carbocycles. The normalized spacial score (nSPS) is 9.83. The average Bonchev–Trinajstić information content (AvgIpc) is 2.36. The van der Waals surface area contributed by atoms with Gasteiger partial charge in [0, 0.05) is 6.92 Å². The second kappa shape index (κ2) is 3.85. The first-order valence-electron chi connectivity index (χ1n) is 3.67. The van der Waals surface area contributed by atoms with Gasteiger partial charge in [0.05, 0.1) is 6.61 Å². The summed E-state index contributed by atoms with van der Waals surface area (Å²) in [5.74, 6) is 0.404. The zero-order valence-electron chi connectivity index (χ0n) is 7.03. The van der Waals surface area contributed by atoms with Crippen molar-refractivity contribution in [2.24, 2.45) is 0 Å². The van der Waals surface area contributed by atoms with Crippen molar-refractivity contribution in [2.45, 2.75) is 20.3 Å². The lowest BCUT2D eigenvalue weighted by atomic mass is 10.4. The van der Waals surface area contributed by atoms with Crippen LogP contribution in [-0.2, 0) is 16.0 Å². The van der Waals surface area contributed by atoms with Gasteiger partial charge in [-0.1, -0.05) is 0 Å². The van der Waals surface area contributed by atoms with Crippen LogP contribution in [0.4, 0.5) is 0 Å². The lowest BCUT2D eigenvalue weighted by Crippen LogP contribution is -2.07. The molecule has 0 aliphatic rings. The Morgan fingerprint density at radius 1 is 1.58 bits per heavy atom. The van der Waals surface area contributed by atoms with E-state index in [0.717, 1.165) is 0 Å². The van der Waals surface area contributed by atoms with Gasteiger partial charge in [-0.3, -0.25) is 4.79 Å². The molecule has 12 heavy (non-hydrogen) atoms. The molecule has 5 nitrogen and oxygen atoms in total. The molecule has 0 saturated carbocycles. The van der Waals surface area contributed by atoms with E-state index in [9.17, 15) is 4.79 Å². The lowest BCUT2D eigenvalue weighted by molar-refractivity contribution is -0.142. The van der Waals surface area contributed by atoms with Crippen LogP contribution < -0.4 is 0 Å². The molecule has 0 aliphatic heterocycles. The Hall–Kier alpha value is -1.39. The van der Waals surface area contributed by atoms with Crippen LogP contribution in [-0.4, -0.2) is 22.8 Å². The van der Waals surface area contributed by atoms with E-state index in [-0.39, 0.29) is 12.4 Å². The summed E-state index contributed by atoms with van der Waals surface area (Å²) in [7, 11) is 0. The fourth-order valence-corrected chi connectivity index (χ4v) is 0.744. The molecule has 5 heteroatoms. The fraction of sp³-hybridized carbons (Fsp3) is 0.571. The number of hydrogen-bond acceptors (Lipinski definition) is 5. The number of nitrogens with zero attached hydrogens (tertiary/aromatic N) is 2. The van der Waals surface area contributed by atoms with Crippen molar-refractivity contribution >= 4 is 5.97 Å². The minimum absolute atomic E-state index is 0.0503. The average molecular weight is 170 g/mol. The second-order valence-electron chi connectivity index (χ2n) is 2.20. The van der Waals surface area contributed by atoms with Crippen LogP contribution in [0.25, 0.3) is 0 Å². The third-order valence-corrected chi connectivity index (χ3v) is 1.17. The van der Waals surface area contributed by atoms with E-state index in [1.807, 2.05) is 0 Å². The van der Waals surface area contributed by atoms with Gasteiger partial charge in [-0.15, -0.1) is 10.2 Å². The van der Waals surface area contributed by atoms with Crippen molar-refractivity contribution < 1.29 is 13.9 Å². The van der Waals surface area contributed by atoms with E-state index in [1.54, 1.807) is 13.8 Å². The molecule has 0 aromatic carbocycles. The third-order valence-electron chi connectivity index (χ3n) is 1.17. The SMILES string of the molecule is CCOC(=O)Cc1nnc(C)o1. The Morgan fingerprint density at radius 3 is 2.83 bits per heavy atom. The zero-order chi connectivity index (χ0) is 8.97. The van der Waals surface area contributed by atoms with Crippen LogP contribution in [0, 0.1) is 6.92 Å². The standard InChI is InChI=1S/C7H10N2O3/c1-3-11-7(10)4-6-9-8-5(2)12-6/h3-4H2,1-2H3. The van der Waals surface area contributed by atoms with Crippen molar-refractivity contribution in [3.05, 3.63) is 11.8 Å². The number of esters is 1. The molecule has 0 radical (unpaired) electrons. The van der Waals surface area contributed by atoms with Gasteiger partial charge in [0.2, 0.25) is 11.8 Å². The maximum Gasteiger partial charge on any atom is 0.315 e. The van der Waals surface area contributed by atoms with Crippen LogP contribution in [0.5, 0.6) is 0 Å². The number of hydrogen-bond donors (Lipinski definition) is 0. The van der Waals surface area contributed by atoms with E-state index in [1.165, 1.54) is 0 Å². The molecule has 0 amide bonds. The lowest BCUT2D eigenvalue weighted by Gasteiger charge is -1.96. The molecule has 0 bridgehead atoms. The number of ether oxygens (including phenoxy) is 1. The second-order valence-corrected chi connectivity index (χ2v) is 2.20. The van der Waals surface area contributed by atoms with Gasteiger partial charge < -0.3 is 9.15 Å². The number of carbonyl (C=O) groups excluding carboxylic acids is 1. The van der Waals surface area contributed by atoms with Gasteiger partial charge >= 0.3 is 5.97 Å². The van der Waals surface area contributed by atoms with Gasteiger partial charge in [-0.05, 0) is 6.92 Å². The summed E-state index contributed by atoms with van der Waals surface area (Å²) in [6, 6.07) is 0. The van der Waals surface area contributed by atoms with E-state index in [0.29, 0.717) is 18.4 Å². The van der Waals surface area contributed by atoms with Crippen LogP contribution in [0.15, 0.2) is 4.42 Å². The molecule has 0 spiro atoms. The topological polar surface area (TPSA) is 65.2 Å². The van der Waals surface area contributed by atoms with Crippen molar-refractivity contribution in [1.82, 2.24) is 10.2 Å². The smallest absolute Gasteiger partial charge is 0.315 e. The molecule has 1 aromatic heterocycles. The first kappa shape index (κ1) is 8.70. The third kappa shape index (κ3) is 2.34. The van der Waals surface area contributed by atoms with Crippen LogP contribution in [0.3, 0.4) is 0 Å². The highest BCUT2D eigenvalue weighted by molar-refractivity contribution is 5.71. The van der Waals surface area contributed by atoms with Crippen molar-refractivity contribution in [1.29, 1.82) is 0 Å². The fourth-order valence-electron chi connectivity index (χ4n) is 0.744. The highest BCUT2D eigenvalue weighted by Crippen LogP contribution is 1.99. The van der Waals surface area contributed by atoms with Crippen LogP contribution >= 0.6 is 0 Å². The maximum atomic E-state index is 10.9. The summed E-state index contributed by atoms with van der Waals surface area (Å²) in [4.78, 5) is 10.9. The summed E-state index contributed by atoms with van der Waals surface area (Å²) >= 11 is 0. The van der Waals surface area contributed by atoms with E-state index in [4.69, 9.17) is 4.42 Å². The van der Waals surface area contributed by atoms with Crippen LogP contribution in [0.1, 0.15) is 18.7 Å². The largest absolute Gasteiger partial charge is 0.466 e. The Balaban J connectivity index is 2.46. The van der Waals surface area contributed by atoms with Crippen molar-refractivity contribution in [3.8, 4) is 0 Å². The number of carbonyl (C=O) groups is 1. The molecule has 1 rings (SSSR count). The highest BCUT2D eigenvalue weighted by atomic mass is 16.5. The molecular weight excluding hydrogens is 160 g/mol. The summed E-state index contributed by atoms with van der Waals surface area (Å²) in [5.41, 5.74) is 0. The summed E-state index contributed by atoms with van der Waals surface area (Å²) in [6.45, 7) is 3.78. The molecule has 66 valence electrons. The predicted molar refractivity (Wildman–Crippen MR) is 39.4 cm³/mol.